The van der Waals surface area contributed by atoms with Crippen molar-refractivity contribution >= 4 is 45.8 Å². The van der Waals surface area contributed by atoms with E-state index in [1.807, 2.05) is 49.4 Å². The van der Waals surface area contributed by atoms with E-state index in [0.717, 1.165) is 26.8 Å². The molecule has 2 heterocycles. The van der Waals surface area contributed by atoms with Crippen LogP contribution in [0.2, 0.25) is 5.02 Å². The van der Waals surface area contributed by atoms with Crippen LogP contribution in [0.25, 0.3) is 10.8 Å². The van der Waals surface area contributed by atoms with Gasteiger partial charge in [0.15, 0.2) is 0 Å². The normalized spacial score (nSPS) is 24.4. The second-order valence-electron chi connectivity index (χ2n) is 10.3. The molecule has 0 aromatic heterocycles. The maximum Gasteiger partial charge on any atom is 0.325 e. The van der Waals surface area contributed by atoms with Gasteiger partial charge in [0.25, 0.3) is 0 Å². The highest BCUT2D eigenvalue weighted by atomic mass is 35.5. The number of rotatable bonds is 5. The zero-order chi connectivity index (χ0) is 27.5. The number of hydrogen-bond acceptors (Lipinski definition) is 5. The molecule has 0 aliphatic carbocycles. The van der Waals surface area contributed by atoms with E-state index >= 15 is 0 Å². The van der Waals surface area contributed by atoms with Crippen molar-refractivity contribution in [1.29, 1.82) is 0 Å². The number of hydrogen-bond donors (Lipinski definition) is 3. The Morgan fingerprint density at radius 3 is 2.41 bits per heavy atom. The number of imide groups is 1. The molecular weight excluding hydrogens is 516 g/mol. The molecule has 2 aliphatic heterocycles. The topological polar surface area (TPSA) is 107 Å². The first-order valence-electron chi connectivity index (χ1n) is 12.6. The zero-order valence-electron chi connectivity index (χ0n) is 21.0. The summed E-state index contributed by atoms with van der Waals surface area (Å²) in [6.45, 7) is 1.82. The van der Waals surface area contributed by atoms with Crippen molar-refractivity contribution in [2.75, 3.05) is 4.90 Å². The van der Waals surface area contributed by atoms with Gasteiger partial charge in [-0.15, -0.1) is 0 Å². The summed E-state index contributed by atoms with van der Waals surface area (Å²) in [4.78, 5) is 42.5. The van der Waals surface area contributed by atoms with Crippen molar-refractivity contribution < 1.29 is 24.6 Å². The van der Waals surface area contributed by atoms with Crippen LogP contribution in [-0.4, -0.2) is 33.5 Å². The van der Waals surface area contributed by atoms with E-state index in [1.54, 1.807) is 30.3 Å². The number of amides is 2. The van der Waals surface area contributed by atoms with Crippen LogP contribution >= 0.6 is 11.6 Å². The molecular formula is C31H25ClN2O5. The molecule has 4 aromatic rings. The van der Waals surface area contributed by atoms with Crippen molar-refractivity contribution in [1.82, 2.24) is 5.32 Å². The van der Waals surface area contributed by atoms with Crippen molar-refractivity contribution in [3.05, 3.63) is 107 Å². The minimum Gasteiger partial charge on any atom is -0.508 e. The zero-order valence-corrected chi connectivity index (χ0v) is 21.7. The molecule has 0 bridgehead atoms. The highest BCUT2D eigenvalue weighted by Gasteiger charge is 2.68. The van der Waals surface area contributed by atoms with Crippen LogP contribution in [0, 0.1) is 18.8 Å². The first kappa shape index (κ1) is 25.1. The number of carbonyl (C=O) groups excluding carboxylic acids is 2. The molecule has 3 N–H and O–H groups in total. The molecule has 6 rings (SSSR count). The predicted octanol–water partition coefficient (Wildman–Crippen LogP) is 5.02. The molecule has 2 amide bonds. The Morgan fingerprint density at radius 1 is 0.974 bits per heavy atom. The van der Waals surface area contributed by atoms with Gasteiger partial charge in [-0.05, 0) is 58.7 Å². The van der Waals surface area contributed by atoms with Gasteiger partial charge in [-0.25, -0.2) is 4.90 Å². The number of halogens is 1. The number of nitrogens with zero attached hydrogens (tertiary/aromatic N) is 1. The van der Waals surface area contributed by atoms with Crippen molar-refractivity contribution in [2.45, 2.75) is 24.9 Å². The van der Waals surface area contributed by atoms with E-state index in [-0.39, 0.29) is 12.2 Å². The smallest absolute Gasteiger partial charge is 0.325 e. The van der Waals surface area contributed by atoms with Crippen LogP contribution in [0.3, 0.4) is 0 Å². The summed E-state index contributed by atoms with van der Waals surface area (Å²) in [6, 6.07) is 23.8. The molecule has 0 saturated carbocycles. The lowest BCUT2D eigenvalue weighted by molar-refractivity contribution is -0.148. The van der Waals surface area contributed by atoms with E-state index < -0.39 is 41.2 Å². The molecule has 2 fully saturated rings. The molecule has 0 radical (unpaired) electrons. The summed E-state index contributed by atoms with van der Waals surface area (Å²) in [5.74, 6) is -4.37. The van der Waals surface area contributed by atoms with Crippen LogP contribution in [-0.2, 0) is 20.8 Å². The average Bonchev–Trinajstić information content (AvgIpc) is 3.40. The lowest BCUT2D eigenvalue weighted by atomic mass is 9.76. The van der Waals surface area contributed by atoms with Gasteiger partial charge in [-0.2, -0.15) is 0 Å². The van der Waals surface area contributed by atoms with Gasteiger partial charge in [-0.3, -0.25) is 19.7 Å². The van der Waals surface area contributed by atoms with E-state index in [9.17, 15) is 24.6 Å². The first-order chi connectivity index (χ1) is 18.7. The lowest BCUT2D eigenvalue weighted by Gasteiger charge is -2.31. The van der Waals surface area contributed by atoms with Gasteiger partial charge >= 0.3 is 5.97 Å². The van der Waals surface area contributed by atoms with Crippen molar-refractivity contribution in [2.24, 2.45) is 11.8 Å². The highest BCUT2D eigenvalue weighted by Crippen LogP contribution is 2.52. The highest BCUT2D eigenvalue weighted by molar-refractivity contribution is 6.32. The third-order valence-corrected chi connectivity index (χ3v) is 8.43. The Kier molecular flexibility index (Phi) is 5.93. The van der Waals surface area contributed by atoms with E-state index in [4.69, 9.17) is 11.6 Å². The molecule has 4 unspecified atom stereocenters. The Bertz CT molecular complexity index is 1650. The van der Waals surface area contributed by atoms with Crippen LogP contribution in [0.1, 0.15) is 22.7 Å². The van der Waals surface area contributed by atoms with Gasteiger partial charge in [0, 0.05) is 17.5 Å². The van der Waals surface area contributed by atoms with Crippen LogP contribution < -0.4 is 10.2 Å². The average molecular weight is 541 g/mol. The number of aromatic hydroxyl groups is 1. The molecule has 4 aromatic carbocycles. The molecule has 7 nitrogen and oxygen atoms in total. The van der Waals surface area contributed by atoms with Crippen molar-refractivity contribution in [3.63, 3.8) is 0 Å². The molecule has 2 saturated heterocycles. The quantitative estimate of drug-likeness (QED) is 0.307. The number of carboxylic acid groups (broad SMARTS) is 1. The summed E-state index contributed by atoms with van der Waals surface area (Å²) in [5.41, 5.74) is 0.691. The van der Waals surface area contributed by atoms with E-state index in [1.165, 1.54) is 12.1 Å². The number of aryl methyl sites for hydroxylation is 1. The Balaban J connectivity index is 1.54. The second kappa shape index (κ2) is 9.22. The maximum atomic E-state index is 14.1. The Labute approximate surface area is 229 Å². The van der Waals surface area contributed by atoms with Gasteiger partial charge < -0.3 is 10.2 Å². The second-order valence-corrected chi connectivity index (χ2v) is 10.7. The van der Waals surface area contributed by atoms with E-state index in [0.29, 0.717) is 16.3 Å². The van der Waals surface area contributed by atoms with Gasteiger partial charge in [0.2, 0.25) is 11.8 Å². The number of fused-ring (bicyclic) bond motifs is 2. The van der Waals surface area contributed by atoms with Crippen molar-refractivity contribution in [3.8, 4) is 5.75 Å². The predicted molar refractivity (Wildman–Crippen MR) is 148 cm³/mol. The first-order valence-corrected chi connectivity index (χ1v) is 13.0. The number of carbonyl (C=O) groups is 3. The largest absolute Gasteiger partial charge is 0.508 e. The standard InChI is InChI=1S/C31H25ClN2O5/c1-17-9-12-20(15-24(17)32)34-28(36)25-26(29(34)37)31(30(38)39,16-18-10-13-21(35)14-11-18)33-27(25)23-8-4-6-19-5-2-3-7-22(19)23/h2-15,25-27,33,35H,16H2,1H3,(H,38,39). The van der Waals surface area contributed by atoms with Gasteiger partial charge in [0.05, 0.1) is 17.5 Å². The van der Waals surface area contributed by atoms with E-state index in [2.05, 4.69) is 5.32 Å². The minimum absolute atomic E-state index is 0.0450. The molecule has 39 heavy (non-hydrogen) atoms. The Morgan fingerprint density at radius 2 is 1.69 bits per heavy atom. The fourth-order valence-electron chi connectivity index (χ4n) is 6.14. The van der Waals surface area contributed by atoms with Crippen LogP contribution in [0.5, 0.6) is 5.75 Å². The number of anilines is 1. The summed E-state index contributed by atoms with van der Waals surface area (Å²) in [6.07, 6.45) is -0.0629. The number of benzene rings is 4. The number of phenols is 1. The van der Waals surface area contributed by atoms with Crippen LogP contribution in [0.15, 0.2) is 84.9 Å². The summed E-state index contributed by atoms with van der Waals surface area (Å²) in [5, 5.41) is 26.0. The number of carboxylic acids is 1. The fraction of sp³-hybridized carbons (Fsp3) is 0.194. The lowest BCUT2D eigenvalue weighted by Crippen LogP contribution is -2.57. The molecule has 196 valence electrons. The molecule has 8 heteroatoms. The number of phenolic OH excluding ortho intramolecular Hbond substituents is 1. The molecule has 4 atom stereocenters. The summed E-state index contributed by atoms with van der Waals surface area (Å²) >= 11 is 6.35. The SMILES string of the molecule is Cc1ccc(N2C(=O)C3C(c4cccc5ccccc45)NC(Cc4ccc(O)cc4)(C(=O)O)C3C2=O)cc1Cl. The van der Waals surface area contributed by atoms with Gasteiger partial charge in [0.1, 0.15) is 11.3 Å². The summed E-state index contributed by atoms with van der Waals surface area (Å²) < 4.78 is 0. The monoisotopic (exact) mass is 540 g/mol. The third-order valence-electron chi connectivity index (χ3n) is 8.03. The summed E-state index contributed by atoms with van der Waals surface area (Å²) in [7, 11) is 0. The Hall–Kier alpha value is -4.20. The number of aliphatic carboxylic acids is 1. The molecule has 0 spiro atoms. The molecule has 2 aliphatic rings. The minimum atomic E-state index is -1.78. The fourth-order valence-corrected chi connectivity index (χ4v) is 6.31. The maximum absolute atomic E-state index is 14.1. The van der Waals surface area contributed by atoms with Crippen LogP contribution in [0.4, 0.5) is 5.69 Å². The van der Waals surface area contributed by atoms with Gasteiger partial charge in [-0.1, -0.05) is 72.3 Å². The number of nitrogens with one attached hydrogen (secondary N) is 1. The third kappa shape index (κ3) is 3.88.